The molecule has 2 atom stereocenters. The van der Waals surface area contributed by atoms with Crippen LogP contribution in [-0.4, -0.2) is 25.0 Å². The van der Waals surface area contributed by atoms with E-state index in [0.29, 0.717) is 0 Å². The average Bonchev–Trinajstić information content (AvgIpc) is 2.10. The summed E-state index contributed by atoms with van der Waals surface area (Å²) in [4.78, 5) is 2.36. The summed E-state index contributed by atoms with van der Waals surface area (Å²) >= 11 is 0. The Labute approximate surface area is 57.4 Å². The van der Waals surface area contributed by atoms with Crippen LogP contribution in [0.5, 0.6) is 0 Å². The molecule has 0 N–H and O–H groups in total. The molecule has 2 unspecified atom stereocenters. The molecule has 1 fully saturated rings. The third kappa shape index (κ3) is 1.33. The van der Waals surface area contributed by atoms with Crippen molar-refractivity contribution in [3.63, 3.8) is 0 Å². The molecule has 1 aliphatic rings. The highest BCUT2D eigenvalue weighted by Gasteiger charge is 2.23. The fourth-order valence-corrected chi connectivity index (χ4v) is 1.55. The largest absolute Gasteiger partial charge is 0.305 e. The molecule has 0 aromatic heterocycles. The van der Waals surface area contributed by atoms with Crippen molar-refractivity contribution < 1.29 is 0 Å². The lowest BCUT2D eigenvalue weighted by Gasteiger charge is -2.05. The van der Waals surface area contributed by atoms with E-state index in [1.807, 2.05) is 0 Å². The number of hydrogen-bond donors (Lipinski definition) is 0. The van der Waals surface area contributed by atoms with Gasteiger partial charge in [-0.15, -0.1) is 6.58 Å². The molecule has 1 saturated heterocycles. The van der Waals surface area contributed by atoms with Crippen LogP contribution in [0.3, 0.4) is 0 Å². The molecule has 9 heavy (non-hydrogen) atoms. The summed E-state index contributed by atoms with van der Waals surface area (Å²) in [6.45, 7) is 8.52. The minimum absolute atomic E-state index is 0.731. The van der Waals surface area contributed by atoms with Crippen LogP contribution >= 0.6 is 0 Å². The van der Waals surface area contributed by atoms with Crippen molar-refractivity contribution in [2.24, 2.45) is 11.8 Å². The van der Waals surface area contributed by atoms with Gasteiger partial charge in [0.2, 0.25) is 0 Å². The van der Waals surface area contributed by atoms with Gasteiger partial charge < -0.3 is 4.90 Å². The lowest BCUT2D eigenvalue weighted by Crippen LogP contribution is -2.13. The minimum Gasteiger partial charge on any atom is -0.305 e. The van der Waals surface area contributed by atoms with E-state index in [2.05, 4.69) is 31.5 Å². The Morgan fingerprint density at radius 1 is 1.56 bits per heavy atom. The SMILES string of the molecule is C=CC1CN(C)CC1C. The molecule has 0 aliphatic carbocycles. The second-order valence-electron chi connectivity index (χ2n) is 3.10. The minimum atomic E-state index is 0.731. The molecule has 0 spiro atoms. The Morgan fingerprint density at radius 2 is 2.22 bits per heavy atom. The van der Waals surface area contributed by atoms with E-state index in [-0.39, 0.29) is 0 Å². The topological polar surface area (TPSA) is 3.24 Å². The third-order valence-corrected chi connectivity index (χ3v) is 2.16. The van der Waals surface area contributed by atoms with Gasteiger partial charge in [-0.2, -0.15) is 0 Å². The van der Waals surface area contributed by atoms with E-state index < -0.39 is 0 Å². The van der Waals surface area contributed by atoms with Crippen LogP contribution < -0.4 is 0 Å². The van der Waals surface area contributed by atoms with Crippen molar-refractivity contribution >= 4 is 0 Å². The van der Waals surface area contributed by atoms with Crippen LogP contribution in [0, 0.1) is 11.8 Å². The number of hydrogen-bond acceptors (Lipinski definition) is 1. The zero-order valence-corrected chi connectivity index (χ0v) is 6.30. The Bertz CT molecular complexity index is 109. The predicted octanol–water partition coefficient (Wildman–Crippen LogP) is 1.37. The van der Waals surface area contributed by atoms with Crippen LogP contribution in [-0.2, 0) is 0 Å². The van der Waals surface area contributed by atoms with Gasteiger partial charge in [-0.25, -0.2) is 0 Å². The van der Waals surface area contributed by atoms with E-state index in [4.69, 9.17) is 0 Å². The van der Waals surface area contributed by atoms with Crippen molar-refractivity contribution in [2.75, 3.05) is 20.1 Å². The molecule has 1 aliphatic heterocycles. The number of rotatable bonds is 1. The molecule has 0 saturated carbocycles. The molecule has 1 heterocycles. The standard InChI is InChI=1S/C8H15N/c1-4-8-6-9(3)5-7(8)2/h4,7-8H,1,5-6H2,2-3H3. The second kappa shape index (κ2) is 2.53. The lowest BCUT2D eigenvalue weighted by molar-refractivity contribution is 0.400. The van der Waals surface area contributed by atoms with Gasteiger partial charge in [0, 0.05) is 13.1 Å². The summed E-state index contributed by atoms with van der Waals surface area (Å²) < 4.78 is 0. The predicted molar refractivity (Wildman–Crippen MR) is 40.3 cm³/mol. The Hall–Kier alpha value is -0.300. The highest BCUT2D eigenvalue weighted by molar-refractivity contribution is 4.90. The van der Waals surface area contributed by atoms with E-state index >= 15 is 0 Å². The third-order valence-electron chi connectivity index (χ3n) is 2.16. The van der Waals surface area contributed by atoms with Crippen LogP contribution in [0.25, 0.3) is 0 Å². The average molecular weight is 125 g/mol. The first kappa shape index (κ1) is 6.81. The first-order valence-electron chi connectivity index (χ1n) is 3.55. The summed E-state index contributed by atoms with van der Waals surface area (Å²) in [6.07, 6.45) is 2.08. The van der Waals surface area contributed by atoms with Gasteiger partial charge in [-0.3, -0.25) is 0 Å². The molecule has 1 heteroatoms. The van der Waals surface area contributed by atoms with Crippen LogP contribution in [0.15, 0.2) is 12.7 Å². The van der Waals surface area contributed by atoms with E-state index in [9.17, 15) is 0 Å². The van der Waals surface area contributed by atoms with Crippen molar-refractivity contribution in [1.82, 2.24) is 4.90 Å². The molecule has 1 nitrogen and oxygen atoms in total. The summed E-state index contributed by atoms with van der Waals surface area (Å²) in [5.41, 5.74) is 0. The Kier molecular flexibility index (Phi) is 1.91. The summed E-state index contributed by atoms with van der Waals surface area (Å²) in [6, 6.07) is 0. The van der Waals surface area contributed by atoms with Crippen molar-refractivity contribution in [3.05, 3.63) is 12.7 Å². The molecule has 0 bridgehead atoms. The quantitative estimate of drug-likeness (QED) is 0.478. The van der Waals surface area contributed by atoms with Gasteiger partial charge in [-0.1, -0.05) is 13.0 Å². The van der Waals surface area contributed by atoms with Gasteiger partial charge >= 0.3 is 0 Å². The molecule has 0 aromatic carbocycles. The van der Waals surface area contributed by atoms with Gasteiger partial charge in [0.05, 0.1) is 0 Å². The highest BCUT2D eigenvalue weighted by atomic mass is 15.1. The fourth-order valence-electron chi connectivity index (χ4n) is 1.55. The molecular formula is C8H15N. The summed E-state index contributed by atoms with van der Waals surface area (Å²) in [5.74, 6) is 1.54. The van der Waals surface area contributed by atoms with Crippen molar-refractivity contribution in [2.45, 2.75) is 6.92 Å². The highest BCUT2D eigenvalue weighted by Crippen LogP contribution is 2.21. The van der Waals surface area contributed by atoms with E-state index in [0.717, 1.165) is 11.8 Å². The second-order valence-corrected chi connectivity index (χ2v) is 3.10. The Balaban J connectivity index is 2.47. The van der Waals surface area contributed by atoms with Crippen LogP contribution in [0.2, 0.25) is 0 Å². The first-order chi connectivity index (χ1) is 4.24. The van der Waals surface area contributed by atoms with Gasteiger partial charge in [0.25, 0.3) is 0 Å². The zero-order valence-electron chi connectivity index (χ0n) is 6.30. The van der Waals surface area contributed by atoms with Crippen molar-refractivity contribution in [1.29, 1.82) is 0 Å². The van der Waals surface area contributed by atoms with Gasteiger partial charge in [-0.05, 0) is 18.9 Å². The molecular weight excluding hydrogens is 110 g/mol. The molecule has 0 aromatic rings. The van der Waals surface area contributed by atoms with Crippen molar-refractivity contribution in [3.8, 4) is 0 Å². The first-order valence-corrected chi connectivity index (χ1v) is 3.55. The van der Waals surface area contributed by atoms with E-state index in [1.54, 1.807) is 0 Å². The smallest absolute Gasteiger partial charge is 0.00443 e. The molecule has 1 rings (SSSR count). The normalized spacial score (nSPS) is 37.1. The monoisotopic (exact) mass is 125 g/mol. The zero-order chi connectivity index (χ0) is 6.85. The number of likely N-dealkylation sites (tertiary alicyclic amines) is 1. The lowest BCUT2D eigenvalue weighted by atomic mass is 9.99. The van der Waals surface area contributed by atoms with Crippen LogP contribution in [0.4, 0.5) is 0 Å². The Morgan fingerprint density at radius 3 is 2.44 bits per heavy atom. The maximum atomic E-state index is 3.80. The maximum absolute atomic E-state index is 3.80. The molecule has 0 radical (unpaired) electrons. The summed E-state index contributed by atoms with van der Waals surface area (Å²) in [5, 5.41) is 0. The van der Waals surface area contributed by atoms with Crippen LogP contribution in [0.1, 0.15) is 6.92 Å². The van der Waals surface area contributed by atoms with Gasteiger partial charge in [0.1, 0.15) is 0 Å². The number of nitrogens with zero attached hydrogens (tertiary/aromatic N) is 1. The molecule has 0 amide bonds. The van der Waals surface area contributed by atoms with Gasteiger partial charge in [0.15, 0.2) is 0 Å². The molecule has 52 valence electrons. The van der Waals surface area contributed by atoms with E-state index in [1.165, 1.54) is 13.1 Å². The maximum Gasteiger partial charge on any atom is 0.00443 e. The fraction of sp³-hybridized carbons (Fsp3) is 0.750. The summed E-state index contributed by atoms with van der Waals surface area (Å²) in [7, 11) is 2.17.